The zero-order valence-corrected chi connectivity index (χ0v) is 20.8. The fourth-order valence-electron chi connectivity index (χ4n) is 4.24. The lowest BCUT2D eigenvalue weighted by Crippen LogP contribution is -2.25. The molecule has 2 heterocycles. The minimum Gasteiger partial charge on any atom is -0.492 e. The monoisotopic (exact) mass is 501 g/mol. The Bertz CT molecular complexity index is 940. The van der Waals surface area contributed by atoms with E-state index in [2.05, 4.69) is 9.80 Å². The number of aryl methyl sites for hydroxylation is 1. The van der Waals surface area contributed by atoms with Crippen molar-refractivity contribution < 1.29 is 19.3 Å². The van der Waals surface area contributed by atoms with Crippen molar-refractivity contribution in [1.29, 1.82) is 0 Å². The molecule has 0 atom stereocenters. The third-order valence-corrected chi connectivity index (χ3v) is 6.33. The molecule has 0 saturated carbocycles. The van der Waals surface area contributed by atoms with Crippen LogP contribution < -0.4 is 15.2 Å². The number of hydrogen-bond acceptors (Lipinski definition) is 9. The SMILES string of the molecule is Cc1ccc(OCCN2CCCC2)cc1[N+](=O)[O-].Nc1ccc(OCCN2CCCC2)cc1[N+](=O)[O-]. The predicted octanol–water partition coefficient (Wildman–Crippen LogP) is 4.03. The zero-order chi connectivity index (χ0) is 25.9. The van der Waals surface area contributed by atoms with E-state index in [4.69, 9.17) is 15.2 Å². The van der Waals surface area contributed by atoms with Crippen LogP contribution in [0.2, 0.25) is 0 Å². The number of hydrogen-bond donors (Lipinski definition) is 1. The first-order valence-corrected chi connectivity index (χ1v) is 12.3. The molecule has 0 aliphatic carbocycles. The van der Waals surface area contributed by atoms with Crippen LogP contribution in [0.4, 0.5) is 17.1 Å². The Hall–Kier alpha value is -3.44. The molecule has 0 aromatic heterocycles. The average molecular weight is 502 g/mol. The molecule has 2 aliphatic heterocycles. The van der Waals surface area contributed by atoms with Gasteiger partial charge in [0.05, 0.1) is 22.0 Å². The summed E-state index contributed by atoms with van der Waals surface area (Å²) in [7, 11) is 0. The second-order valence-electron chi connectivity index (χ2n) is 8.98. The van der Waals surface area contributed by atoms with E-state index < -0.39 is 4.92 Å². The minimum absolute atomic E-state index is 0.103. The van der Waals surface area contributed by atoms with Gasteiger partial charge >= 0.3 is 0 Å². The van der Waals surface area contributed by atoms with Crippen LogP contribution in [0.15, 0.2) is 36.4 Å². The summed E-state index contributed by atoms with van der Waals surface area (Å²) >= 11 is 0. The molecule has 0 radical (unpaired) electrons. The maximum absolute atomic E-state index is 10.8. The van der Waals surface area contributed by atoms with Gasteiger partial charge in [-0.3, -0.25) is 30.0 Å². The zero-order valence-electron chi connectivity index (χ0n) is 20.8. The number of nitro benzene ring substituents is 2. The maximum Gasteiger partial charge on any atom is 0.295 e. The molecule has 2 saturated heterocycles. The third kappa shape index (κ3) is 8.35. The Morgan fingerprint density at radius 2 is 1.22 bits per heavy atom. The van der Waals surface area contributed by atoms with Crippen molar-refractivity contribution in [2.45, 2.75) is 32.6 Å². The smallest absolute Gasteiger partial charge is 0.295 e. The fourth-order valence-corrected chi connectivity index (χ4v) is 4.24. The van der Waals surface area contributed by atoms with E-state index in [1.807, 2.05) is 0 Å². The summed E-state index contributed by atoms with van der Waals surface area (Å²) < 4.78 is 11.1. The van der Waals surface area contributed by atoms with Crippen molar-refractivity contribution in [3.8, 4) is 11.5 Å². The Kier molecular flexibility index (Phi) is 10.3. The number of rotatable bonds is 10. The molecular formula is C25H35N5O6. The van der Waals surface area contributed by atoms with Crippen molar-refractivity contribution in [1.82, 2.24) is 9.80 Å². The van der Waals surface area contributed by atoms with Crippen molar-refractivity contribution in [2.24, 2.45) is 0 Å². The first-order chi connectivity index (χ1) is 17.3. The van der Waals surface area contributed by atoms with Crippen molar-refractivity contribution in [3.05, 3.63) is 62.2 Å². The molecule has 2 fully saturated rings. The fraction of sp³-hybridized carbons (Fsp3) is 0.520. The predicted molar refractivity (Wildman–Crippen MR) is 138 cm³/mol. The largest absolute Gasteiger partial charge is 0.492 e. The van der Waals surface area contributed by atoms with E-state index in [0.717, 1.165) is 39.3 Å². The first-order valence-electron chi connectivity index (χ1n) is 12.3. The summed E-state index contributed by atoms with van der Waals surface area (Å²) in [5.41, 5.74) is 6.35. The van der Waals surface area contributed by atoms with E-state index in [9.17, 15) is 20.2 Å². The van der Waals surface area contributed by atoms with Crippen LogP contribution in [0, 0.1) is 27.2 Å². The number of nitrogen functional groups attached to an aromatic ring is 1. The molecular weight excluding hydrogens is 466 g/mol. The molecule has 11 nitrogen and oxygen atoms in total. The van der Waals surface area contributed by atoms with Gasteiger partial charge in [0, 0.05) is 18.7 Å². The van der Waals surface area contributed by atoms with Gasteiger partial charge in [-0.2, -0.15) is 0 Å². The van der Waals surface area contributed by atoms with Crippen molar-refractivity contribution in [2.75, 3.05) is 58.2 Å². The van der Waals surface area contributed by atoms with Gasteiger partial charge < -0.3 is 15.2 Å². The summed E-state index contributed by atoms with van der Waals surface area (Å²) in [5, 5.41) is 21.5. The maximum atomic E-state index is 10.8. The highest BCUT2D eigenvalue weighted by molar-refractivity contribution is 5.60. The number of benzene rings is 2. The summed E-state index contributed by atoms with van der Waals surface area (Å²) in [5.74, 6) is 1.07. The summed E-state index contributed by atoms with van der Waals surface area (Å²) in [6.07, 6.45) is 5.01. The van der Waals surface area contributed by atoms with Gasteiger partial charge in [-0.25, -0.2) is 0 Å². The Morgan fingerprint density at radius 3 is 1.69 bits per heavy atom. The normalized spacial score (nSPS) is 15.8. The van der Waals surface area contributed by atoms with E-state index >= 15 is 0 Å². The molecule has 2 N–H and O–H groups in total. The van der Waals surface area contributed by atoms with Gasteiger partial charge in [-0.05, 0) is 83.1 Å². The number of nitro groups is 2. The van der Waals surface area contributed by atoms with E-state index in [1.54, 1.807) is 25.1 Å². The van der Waals surface area contributed by atoms with Gasteiger partial charge in [-0.15, -0.1) is 0 Å². The lowest BCUT2D eigenvalue weighted by Gasteiger charge is -2.14. The number of nitrogens with zero attached hydrogens (tertiary/aromatic N) is 4. The second-order valence-corrected chi connectivity index (χ2v) is 8.98. The summed E-state index contributed by atoms with van der Waals surface area (Å²) in [6.45, 7) is 9.11. The van der Waals surface area contributed by atoms with Crippen LogP contribution in [-0.4, -0.2) is 72.1 Å². The standard InChI is InChI=1S/C13H18N2O3.C12H17N3O3/c1-11-4-5-12(10-13(11)15(16)17)18-9-8-14-6-2-3-7-14;13-11-4-3-10(9-12(11)15(16)17)18-8-7-14-5-1-2-6-14/h4-5,10H,2-3,6-9H2,1H3;3-4,9H,1-2,5-8,13H2. The first kappa shape index (κ1) is 27.2. The van der Waals surface area contributed by atoms with Crippen molar-refractivity contribution in [3.63, 3.8) is 0 Å². The number of nitrogens with two attached hydrogens (primary N) is 1. The van der Waals surface area contributed by atoms with Gasteiger partial charge in [0.1, 0.15) is 30.4 Å². The van der Waals surface area contributed by atoms with Gasteiger partial charge in [0.15, 0.2) is 0 Å². The quantitative estimate of drug-likeness (QED) is 0.290. The van der Waals surface area contributed by atoms with E-state index in [0.29, 0.717) is 30.3 Å². The van der Waals surface area contributed by atoms with Crippen LogP contribution in [-0.2, 0) is 0 Å². The molecule has 0 unspecified atom stereocenters. The molecule has 4 rings (SSSR count). The van der Waals surface area contributed by atoms with Gasteiger partial charge in [-0.1, -0.05) is 0 Å². The molecule has 0 bridgehead atoms. The summed E-state index contributed by atoms with van der Waals surface area (Å²) in [4.78, 5) is 25.3. The third-order valence-electron chi connectivity index (χ3n) is 6.33. The number of likely N-dealkylation sites (tertiary alicyclic amines) is 2. The molecule has 36 heavy (non-hydrogen) atoms. The second kappa shape index (κ2) is 13.6. The molecule has 0 amide bonds. The highest BCUT2D eigenvalue weighted by atomic mass is 16.6. The number of ether oxygens (including phenoxy) is 2. The highest BCUT2D eigenvalue weighted by Gasteiger charge is 2.15. The molecule has 2 aromatic carbocycles. The highest BCUT2D eigenvalue weighted by Crippen LogP contribution is 2.26. The van der Waals surface area contributed by atoms with Gasteiger partial charge in [0.2, 0.25) is 0 Å². The van der Waals surface area contributed by atoms with Gasteiger partial charge in [0.25, 0.3) is 11.4 Å². The van der Waals surface area contributed by atoms with E-state index in [1.165, 1.54) is 43.9 Å². The molecule has 196 valence electrons. The van der Waals surface area contributed by atoms with Crippen LogP contribution >= 0.6 is 0 Å². The number of anilines is 1. The van der Waals surface area contributed by atoms with E-state index in [-0.39, 0.29) is 22.0 Å². The van der Waals surface area contributed by atoms with Crippen LogP contribution in [0.5, 0.6) is 11.5 Å². The van der Waals surface area contributed by atoms with Crippen LogP contribution in [0.1, 0.15) is 31.2 Å². The Balaban J connectivity index is 0.000000201. The van der Waals surface area contributed by atoms with Crippen molar-refractivity contribution >= 4 is 17.1 Å². The average Bonchev–Trinajstić information content (AvgIpc) is 3.56. The lowest BCUT2D eigenvalue weighted by atomic mass is 10.2. The van der Waals surface area contributed by atoms with Crippen LogP contribution in [0.25, 0.3) is 0 Å². The molecule has 0 spiro atoms. The molecule has 11 heteroatoms. The molecule has 2 aliphatic rings. The van der Waals surface area contributed by atoms with Crippen LogP contribution in [0.3, 0.4) is 0 Å². The molecule has 2 aromatic rings. The Morgan fingerprint density at radius 1 is 0.778 bits per heavy atom. The Labute approximate surface area is 211 Å². The topological polar surface area (TPSA) is 137 Å². The minimum atomic E-state index is -0.497. The summed E-state index contributed by atoms with van der Waals surface area (Å²) in [6, 6.07) is 9.55. The lowest BCUT2D eigenvalue weighted by molar-refractivity contribution is -0.385.